The first-order valence-corrected chi connectivity index (χ1v) is 10.4. The summed E-state index contributed by atoms with van der Waals surface area (Å²) in [5, 5.41) is 3.55. The quantitative estimate of drug-likeness (QED) is 0.558. The third-order valence-corrected chi connectivity index (χ3v) is 5.56. The highest BCUT2D eigenvalue weighted by molar-refractivity contribution is 6.42. The summed E-state index contributed by atoms with van der Waals surface area (Å²) in [6.07, 6.45) is 0. The van der Waals surface area contributed by atoms with Crippen molar-refractivity contribution in [1.82, 2.24) is 14.9 Å². The lowest BCUT2D eigenvalue weighted by Crippen LogP contribution is -2.31. The summed E-state index contributed by atoms with van der Waals surface area (Å²) in [5.74, 6) is -1.12. The van der Waals surface area contributed by atoms with Crippen LogP contribution in [0.25, 0.3) is 11.0 Å². The SMILES string of the molecule is CCn1c(=O)c(C)nc2cc(C(=O)OCC(=O)NC(C)c3ccc(Cl)c(Cl)c3)ccc21. The van der Waals surface area contributed by atoms with E-state index >= 15 is 0 Å². The van der Waals surface area contributed by atoms with E-state index in [9.17, 15) is 14.4 Å². The molecule has 1 N–H and O–H groups in total. The van der Waals surface area contributed by atoms with Gasteiger partial charge in [-0.2, -0.15) is 0 Å². The smallest absolute Gasteiger partial charge is 0.338 e. The van der Waals surface area contributed by atoms with Gasteiger partial charge >= 0.3 is 5.97 Å². The highest BCUT2D eigenvalue weighted by atomic mass is 35.5. The Morgan fingerprint density at radius 3 is 2.58 bits per heavy atom. The first-order valence-electron chi connectivity index (χ1n) is 9.64. The van der Waals surface area contributed by atoms with E-state index in [1.807, 2.05) is 6.92 Å². The molecule has 0 saturated heterocycles. The molecule has 0 spiro atoms. The molecular weight excluding hydrogens is 441 g/mol. The van der Waals surface area contributed by atoms with Gasteiger partial charge < -0.3 is 14.6 Å². The first-order chi connectivity index (χ1) is 14.7. The van der Waals surface area contributed by atoms with Gasteiger partial charge in [-0.3, -0.25) is 9.59 Å². The summed E-state index contributed by atoms with van der Waals surface area (Å²) >= 11 is 11.9. The Hall–Kier alpha value is -2.90. The average molecular weight is 462 g/mol. The molecule has 0 aliphatic carbocycles. The van der Waals surface area contributed by atoms with Crippen molar-refractivity contribution in [3.63, 3.8) is 0 Å². The molecule has 0 fully saturated rings. The molecule has 2 aromatic carbocycles. The van der Waals surface area contributed by atoms with E-state index in [-0.39, 0.29) is 17.2 Å². The maximum absolute atomic E-state index is 12.4. The van der Waals surface area contributed by atoms with Crippen molar-refractivity contribution in [3.8, 4) is 0 Å². The zero-order valence-electron chi connectivity index (χ0n) is 17.2. The lowest BCUT2D eigenvalue weighted by molar-refractivity contribution is -0.124. The van der Waals surface area contributed by atoms with Crippen molar-refractivity contribution in [2.75, 3.05) is 6.61 Å². The lowest BCUT2D eigenvalue weighted by Gasteiger charge is -2.15. The van der Waals surface area contributed by atoms with Crippen molar-refractivity contribution >= 4 is 46.1 Å². The normalized spacial score (nSPS) is 11.9. The topological polar surface area (TPSA) is 90.3 Å². The number of aryl methyl sites for hydroxylation is 2. The molecule has 9 heteroatoms. The van der Waals surface area contributed by atoms with Crippen molar-refractivity contribution < 1.29 is 14.3 Å². The fraction of sp³-hybridized carbons (Fsp3) is 0.273. The summed E-state index contributed by atoms with van der Waals surface area (Å²) in [4.78, 5) is 41.1. The van der Waals surface area contributed by atoms with Crippen LogP contribution in [0.15, 0.2) is 41.2 Å². The number of nitrogens with one attached hydrogen (secondary N) is 1. The molecule has 0 radical (unpaired) electrons. The molecule has 0 aliphatic rings. The number of ether oxygens (including phenoxy) is 1. The van der Waals surface area contributed by atoms with Crippen LogP contribution in [0.2, 0.25) is 10.0 Å². The van der Waals surface area contributed by atoms with Crippen LogP contribution < -0.4 is 10.9 Å². The minimum Gasteiger partial charge on any atom is -0.452 e. The molecule has 1 aromatic heterocycles. The largest absolute Gasteiger partial charge is 0.452 e. The number of hydrogen-bond donors (Lipinski definition) is 1. The van der Waals surface area contributed by atoms with Crippen LogP contribution in [0.3, 0.4) is 0 Å². The molecule has 162 valence electrons. The summed E-state index contributed by atoms with van der Waals surface area (Å²) in [5.41, 5.74) is 2.32. The van der Waals surface area contributed by atoms with E-state index in [1.165, 1.54) is 0 Å². The third-order valence-electron chi connectivity index (χ3n) is 4.82. The van der Waals surface area contributed by atoms with Gasteiger partial charge in [-0.15, -0.1) is 0 Å². The van der Waals surface area contributed by atoms with Crippen LogP contribution in [-0.4, -0.2) is 28.0 Å². The van der Waals surface area contributed by atoms with Gasteiger partial charge in [0.25, 0.3) is 11.5 Å². The molecule has 1 atom stereocenters. The molecule has 1 unspecified atom stereocenters. The van der Waals surface area contributed by atoms with E-state index < -0.39 is 18.5 Å². The Kier molecular flexibility index (Phi) is 6.97. The number of halogens is 2. The maximum atomic E-state index is 12.4. The minimum absolute atomic E-state index is 0.168. The number of carbonyl (C=O) groups excluding carboxylic acids is 2. The number of rotatable bonds is 6. The summed E-state index contributed by atoms with van der Waals surface area (Å²) < 4.78 is 6.72. The first kappa shape index (κ1) is 22.8. The second kappa shape index (κ2) is 9.49. The van der Waals surface area contributed by atoms with Crippen LogP contribution >= 0.6 is 23.2 Å². The van der Waals surface area contributed by atoms with Gasteiger partial charge in [0.2, 0.25) is 0 Å². The van der Waals surface area contributed by atoms with Gasteiger partial charge in [0.1, 0.15) is 5.69 Å². The summed E-state index contributed by atoms with van der Waals surface area (Å²) in [6.45, 7) is 5.31. The van der Waals surface area contributed by atoms with E-state index in [1.54, 1.807) is 54.8 Å². The van der Waals surface area contributed by atoms with Gasteiger partial charge in [-0.05, 0) is 56.7 Å². The van der Waals surface area contributed by atoms with Gasteiger partial charge in [-0.25, -0.2) is 9.78 Å². The number of amides is 1. The average Bonchev–Trinajstić information content (AvgIpc) is 2.74. The van der Waals surface area contributed by atoms with Crippen LogP contribution in [0.1, 0.15) is 41.5 Å². The second-order valence-electron chi connectivity index (χ2n) is 6.99. The molecule has 31 heavy (non-hydrogen) atoms. The number of esters is 1. The number of carbonyl (C=O) groups is 2. The molecule has 3 rings (SSSR count). The zero-order valence-corrected chi connectivity index (χ0v) is 18.8. The predicted molar refractivity (Wildman–Crippen MR) is 120 cm³/mol. The number of fused-ring (bicyclic) bond motifs is 1. The van der Waals surface area contributed by atoms with E-state index in [0.29, 0.717) is 33.3 Å². The second-order valence-corrected chi connectivity index (χ2v) is 7.80. The predicted octanol–water partition coefficient (Wildman–Crippen LogP) is 4.07. The summed E-state index contributed by atoms with van der Waals surface area (Å²) in [7, 11) is 0. The summed E-state index contributed by atoms with van der Waals surface area (Å²) in [6, 6.07) is 9.46. The Morgan fingerprint density at radius 1 is 1.16 bits per heavy atom. The highest BCUT2D eigenvalue weighted by Gasteiger charge is 2.16. The third kappa shape index (κ3) is 5.06. The van der Waals surface area contributed by atoms with Crippen molar-refractivity contribution in [3.05, 3.63) is 73.6 Å². The number of nitrogens with zero attached hydrogens (tertiary/aromatic N) is 2. The van der Waals surface area contributed by atoms with Gasteiger partial charge in [0, 0.05) is 6.54 Å². The Labute approximate surface area is 188 Å². The van der Waals surface area contributed by atoms with Crippen LogP contribution in [0.5, 0.6) is 0 Å². The van der Waals surface area contributed by atoms with Crippen molar-refractivity contribution in [2.45, 2.75) is 33.4 Å². The van der Waals surface area contributed by atoms with Crippen LogP contribution in [0, 0.1) is 6.92 Å². The highest BCUT2D eigenvalue weighted by Crippen LogP contribution is 2.25. The molecular formula is C22H21Cl2N3O4. The van der Waals surface area contributed by atoms with E-state index in [4.69, 9.17) is 27.9 Å². The Balaban J connectivity index is 1.66. The Bertz CT molecular complexity index is 1220. The number of benzene rings is 2. The Morgan fingerprint density at radius 2 is 1.90 bits per heavy atom. The van der Waals surface area contributed by atoms with Crippen LogP contribution in [0.4, 0.5) is 0 Å². The zero-order chi connectivity index (χ0) is 22.7. The fourth-order valence-corrected chi connectivity index (χ4v) is 3.48. The molecule has 7 nitrogen and oxygen atoms in total. The van der Waals surface area contributed by atoms with Gasteiger partial charge in [0.15, 0.2) is 6.61 Å². The van der Waals surface area contributed by atoms with Crippen molar-refractivity contribution in [1.29, 1.82) is 0 Å². The maximum Gasteiger partial charge on any atom is 0.338 e. The number of hydrogen-bond acceptors (Lipinski definition) is 5. The van der Waals surface area contributed by atoms with Gasteiger partial charge in [-0.1, -0.05) is 29.3 Å². The number of aromatic nitrogens is 2. The van der Waals surface area contributed by atoms with Crippen LogP contribution in [-0.2, 0) is 16.1 Å². The lowest BCUT2D eigenvalue weighted by atomic mass is 10.1. The van der Waals surface area contributed by atoms with E-state index in [0.717, 1.165) is 5.56 Å². The van der Waals surface area contributed by atoms with E-state index in [2.05, 4.69) is 10.3 Å². The molecule has 0 aliphatic heterocycles. The standard InChI is InChI=1S/C22H21Cl2N3O4/c1-4-27-19-8-6-15(10-18(19)25-13(3)21(27)29)22(30)31-11-20(28)26-12(2)14-5-7-16(23)17(24)9-14/h5-10,12H,4,11H2,1-3H3,(H,26,28). The molecule has 1 amide bonds. The molecule has 0 bridgehead atoms. The minimum atomic E-state index is -0.659. The fourth-order valence-electron chi connectivity index (χ4n) is 3.18. The molecule has 3 aromatic rings. The van der Waals surface area contributed by atoms with Crippen molar-refractivity contribution in [2.24, 2.45) is 0 Å². The van der Waals surface area contributed by atoms with Gasteiger partial charge in [0.05, 0.1) is 32.7 Å². The molecule has 0 saturated carbocycles. The molecule has 1 heterocycles. The monoisotopic (exact) mass is 461 g/mol.